The molecule has 2 saturated heterocycles. The van der Waals surface area contributed by atoms with Crippen molar-refractivity contribution in [1.29, 1.82) is 0 Å². The zero-order chi connectivity index (χ0) is 6.48. The van der Waals surface area contributed by atoms with Gasteiger partial charge >= 0.3 is 0 Å². The fourth-order valence-corrected chi connectivity index (χ4v) is 2.03. The summed E-state index contributed by atoms with van der Waals surface area (Å²) in [5, 5.41) is 0. The number of ether oxygens (including phenoxy) is 1. The largest absolute Gasteiger partial charge is 0.380 e. The number of nitrogens with two attached hydrogens (primary N) is 1. The summed E-state index contributed by atoms with van der Waals surface area (Å²) in [5.41, 5.74) is 6.22. The first kappa shape index (κ1) is 5.69. The Morgan fingerprint density at radius 3 is 2.78 bits per heavy atom. The first-order valence-electron chi connectivity index (χ1n) is 3.56. The van der Waals surface area contributed by atoms with Gasteiger partial charge in [0.05, 0.1) is 13.2 Å². The molecule has 1 saturated carbocycles. The van der Waals surface area contributed by atoms with Crippen molar-refractivity contribution < 1.29 is 4.74 Å². The Labute approximate surface area is 55.4 Å². The summed E-state index contributed by atoms with van der Waals surface area (Å²) in [6.07, 6.45) is 1.29. The molecule has 0 aromatic carbocycles. The molecule has 3 rings (SSSR count). The van der Waals surface area contributed by atoms with Crippen molar-refractivity contribution in [2.24, 2.45) is 17.1 Å². The summed E-state index contributed by atoms with van der Waals surface area (Å²) < 4.78 is 5.32. The number of hydrogen-bond donors (Lipinski definition) is 1. The van der Waals surface area contributed by atoms with E-state index < -0.39 is 0 Å². The third kappa shape index (κ3) is 0.578. The maximum absolute atomic E-state index is 5.88. The predicted octanol–water partition coefficient (Wildman–Crippen LogP) is 0.370. The Bertz CT molecular complexity index is 133. The van der Waals surface area contributed by atoms with Gasteiger partial charge < -0.3 is 10.5 Å². The van der Waals surface area contributed by atoms with Crippen LogP contribution in [0.25, 0.3) is 0 Å². The normalized spacial score (nSPS) is 56.7. The van der Waals surface area contributed by atoms with Crippen molar-refractivity contribution in [3.05, 3.63) is 0 Å². The average molecular weight is 127 g/mol. The van der Waals surface area contributed by atoms with Gasteiger partial charge in [-0.05, 0) is 12.3 Å². The fraction of sp³-hybridized carbons (Fsp3) is 1.00. The summed E-state index contributed by atoms with van der Waals surface area (Å²) in [6.45, 7) is 3.99. The first-order valence-corrected chi connectivity index (χ1v) is 3.56. The molecule has 2 bridgehead atoms. The van der Waals surface area contributed by atoms with Crippen molar-refractivity contribution in [1.82, 2.24) is 0 Å². The highest BCUT2D eigenvalue weighted by Crippen LogP contribution is 2.47. The average Bonchev–Trinajstić information content (AvgIpc) is 1.88. The molecule has 2 heterocycles. The monoisotopic (exact) mass is 127 g/mol. The maximum atomic E-state index is 5.88. The van der Waals surface area contributed by atoms with Crippen molar-refractivity contribution >= 4 is 0 Å². The molecule has 3 aliphatic rings. The molecule has 0 radical (unpaired) electrons. The molecule has 3 unspecified atom stereocenters. The molecule has 3 atom stereocenters. The van der Waals surface area contributed by atoms with Crippen LogP contribution < -0.4 is 5.73 Å². The minimum Gasteiger partial charge on any atom is -0.380 e. The molecular formula is C7H13NO. The molecule has 1 aliphatic carbocycles. The molecule has 9 heavy (non-hydrogen) atoms. The molecule has 0 aromatic rings. The Morgan fingerprint density at radius 1 is 1.67 bits per heavy atom. The highest BCUT2D eigenvalue weighted by atomic mass is 16.5. The van der Waals surface area contributed by atoms with Gasteiger partial charge in [0.2, 0.25) is 0 Å². The third-order valence-corrected chi connectivity index (χ3v) is 2.80. The molecule has 52 valence electrons. The second-order valence-electron chi connectivity index (χ2n) is 3.66. The lowest BCUT2D eigenvalue weighted by Gasteiger charge is -2.55. The lowest BCUT2D eigenvalue weighted by Crippen LogP contribution is -2.63. The van der Waals surface area contributed by atoms with Crippen LogP contribution in [0.2, 0.25) is 0 Å². The van der Waals surface area contributed by atoms with Gasteiger partial charge in [-0.2, -0.15) is 0 Å². The Morgan fingerprint density at radius 2 is 2.44 bits per heavy atom. The summed E-state index contributed by atoms with van der Waals surface area (Å²) in [7, 11) is 0. The molecular weight excluding hydrogens is 114 g/mol. The van der Waals surface area contributed by atoms with Crippen molar-refractivity contribution in [3.8, 4) is 0 Å². The van der Waals surface area contributed by atoms with Crippen LogP contribution in [0.15, 0.2) is 0 Å². The van der Waals surface area contributed by atoms with Crippen LogP contribution in [0.1, 0.15) is 13.3 Å². The standard InChI is InChI=1S/C7H13NO/c1-7-2-5(6(7)8)3-9-4-7/h5-6H,2-4,8H2,1H3. The van der Waals surface area contributed by atoms with Crippen molar-refractivity contribution in [3.63, 3.8) is 0 Å². The van der Waals surface area contributed by atoms with Crippen LogP contribution in [0.3, 0.4) is 0 Å². The molecule has 3 fully saturated rings. The third-order valence-electron chi connectivity index (χ3n) is 2.80. The lowest BCUT2D eigenvalue weighted by molar-refractivity contribution is -0.138. The molecule has 0 spiro atoms. The number of hydrogen-bond acceptors (Lipinski definition) is 2. The van der Waals surface area contributed by atoms with Gasteiger partial charge in [-0.25, -0.2) is 0 Å². The Balaban J connectivity index is 2.13. The lowest BCUT2D eigenvalue weighted by atomic mass is 9.58. The van der Waals surface area contributed by atoms with E-state index >= 15 is 0 Å². The topological polar surface area (TPSA) is 35.2 Å². The zero-order valence-corrected chi connectivity index (χ0v) is 5.76. The maximum Gasteiger partial charge on any atom is 0.0535 e. The van der Waals surface area contributed by atoms with Crippen LogP contribution >= 0.6 is 0 Å². The van der Waals surface area contributed by atoms with Crippen LogP contribution in [0.4, 0.5) is 0 Å². The number of rotatable bonds is 0. The molecule has 2 N–H and O–H groups in total. The van der Waals surface area contributed by atoms with Gasteiger partial charge in [-0.3, -0.25) is 0 Å². The summed E-state index contributed by atoms with van der Waals surface area (Å²) in [5.74, 6) is 0.670. The van der Waals surface area contributed by atoms with Gasteiger partial charge in [0, 0.05) is 11.5 Å². The summed E-state index contributed by atoms with van der Waals surface area (Å²) in [6, 6.07) is 0.422. The second-order valence-corrected chi connectivity index (χ2v) is 3.66. The van der Waals surface area contributed by atoms with Gasteiger partial charge in [0.1, 0.15) is 0 Å². The van der Waals surface area contributed by atoms with Crippen LogP contribution in [0, 0.1) is 11.3 Å². The van der Waals surface area contributed by atoms with Gasteiger partial charge in [0.15, 0.2) is 0 Å². The van der Waals surface area contributed by atoms with E-state index in [-0.39, 0.29) is 0 Å². The van der Waals surface area contributed by atoms with E-state index in [2.05, 4.69) is 6.92 Å². The molecule has 2 aliphatic heterocycles. The summed E-state index contributed by atoms with van der Waals surface area (Å²) >= 11 is 0. The van der Waals surface area contributed by atoms with Crippen LogP contribution in [-0.4, -0.2) is 19.3 Å². The second kappa shape index (κ2) is 1.50. The minimum absolute atomic E-state index is 0.336. The van der Waals surface area contributed by atoms with Crippen LogP contribution in [0.5, 0.6) is 0 Å². The van der Waals surface area contributed by atoms with Crippen molar-refractivity contribution in [2.45, 2.75) is 19.4 Å². The highest BCUT2D eigenvalue weighted by molar-refractivity contribution is 5.04. The van der Waals surface area contributed by atoms with E-state index in [1.54, 1.807) is 0 Å². The van der Waals surface area contributed by atoms with E-state index in [9.17, 15) is 0 Å². The molecule has 0 amide bonds. The molecule has 0 aromatic heterocycles. The Hall–Kier alpha value is -0.0800. The van der Waals surface area contributed by atoms with E-state index in [0.717, 1.165) is 13.2 Å². The van der Waals surface area contributed by atoms with Crippen LogP contribution in [-0.2, 0) is 4.74 Å². The van der Waals surface area contributed by atoms with E-state index in [1.165, 1.54) is 6.42 Å². The highest BCUT2D eigenvalue weighted by Gasteiger charge is 2.51. The van der Waals surface area contributed by atoms with Gasteiger partial charge in [-0.15, -0.1) is 0 Å². The predicted molar refractivity (Wildman–Crippen MR) is 35.0 cm³/mol. The minimum atomic E-state index is 0.336. The van der Waals surface area contributed by atoms with Gasteiger partial charge in [-0.1, -0.05) is 6.92 Å². The van der Waals surface area contributed by atoms with E-state index in [1.807, 2.05) is 0 Å². The zero-order valence-electron chi connectivity index (χ0n) is 5.76. The quantitative estimate of drug-likeness (QED) is 0.510. The molecule has 2 nitrogen and oxygen atoms in total. The van der Waals surface area contributed by atoms with Gasteiger partial charge in [0.25, 0.3) is 0 Å². The summed E-state index contributed by atoms with van der Waals surface area (Å²) in [4.78, 5) is 0. The first-order chi connectivity index (χ1) is 4.22. The van der Waals surface area contributed by atoms with Crippen molar-refractivity contribution in [2.75, 3.05) is 13.2 Å². The Kier molecular flexibility index (Phi) is 0.945. The SMILES string of the molecule is CC12COCC(C1)C2N. The smallest absolute Gasteiger partial charge is 0.0535 e. The van der Waals surface area contributed by atoms with E-state index in [0.29, 0.717) is 17.4 Å². The molecule has 2 heteroatoms. The number of fused-ring (bicyclic) bond motifs is 2. The van der Waals surface area contributed by atoms with E-state index in [4.69, 9.17) is 10.5 Å². The fourth-order valence-electron chi connectivity index (χ4n) is 2.03.